The predicted molar refractivity (Wildman–Crippen MR) is 186 cm³/mol. The molecule has 1 aliphatic carbocycles. The Hall–Kier alpha value is -5.20. The molecule has 1 saturated carbocycles. The molecule has 2 amide bonds. The molecule has 1 fully saturated rings. The standard InChI is InChI=1S/C34H35ClF7N9O3/c1-32(2,3)16-33(21-8-5-18(6-9-21)20-13-45-49(14-20)28(36)37)27(52)50(30(43)48-33)26(15-54-31(53)47-24-12-22(24)34(40,41)42)19-7-10-23(35)25(11-19)51(29(38)39)46-17-44-4/h5-11,13-14,17,22,24,26,28-29H,4,12,15-16H2,1-3H3,(H2,43,48)(H,47,53)/b46-17-/t22?,24-,26+,33+/m0/s1. The lowest BCUT2D eigenvalue weighted by Gasteiger charge is -2.35. The number of aromatic nitrogens is 2. The summed E-state index contributed by atoms with van der Waals surface area (Å²) >= 11 is 6.30. The fourth-order valence-corrected chi connectivity index (χ4v) is 6.42. The van der Waals surface area contributed by atoms with Gasteiger partial charge in [0.05, 0.1) is 28.9 Å². The number of hydrogen-bond acceptors (Lipinski definition) is 8. The number of alkyl halides is 7. The Morgan fingerprint density at radius 3 is 2.41 bits per heavy atom. The van der Waals surface area contributed by atoms with E-state index in [9.17, 15) is 40.3 Å². The molecule has 3 aromatic rings. The van der Waals surface area contributed by atoms with Gasteiger partial charge in [0.2, 0.25) is 0 Å². The number of ether oxygens (including phenoxy) is 1. The summed E-state index contributed by atoms with van der Waals surface area (Å²) in [7, 11) is 0. The lowest BCUT2D eigenvalue weighted by atomic mass is 9.75. The van der Waals surface area contributed by atoms with Gasteiger partial charge in [-0.15, -0.1) is 0 Å². The number of hydrazone groups is 1. The van der Waals surface area contributed by atoms with Gasteiger partial charge in [-0.2, -0.15) is 40.9 Å². The van der Waals surface area contributed by atoms with Crippen molar-refractivity contribution >= 4 is 48.3 Å². The van der Waals surface area contributed by atoms with Crippen molar-refractivity contribution in [3.8, 4) is 11.1 Å². The second kappa shape index (κ2) is 15.3. The van der Waals surface area contributed by atoms with Crippen LogP contribution < -0.4 is 16.1 Å². The summed E-state index contributed by atoms with van der Waals surface area (Å²) in [6.07, 6.45) is -2.87. The van der Waals surface area contributed by atoms with Crippen LogP contribution in [0.1, 0.15) is 57.3 Å². The Bertz CT molecular complexity index is 1930. The molecule has 3 N–H and O–H groups in total. The first-order valence-electron chi connectivity index (χ1n) is 16.2. The maximum absolute atomic E-state index is 14.8. The van der Waals surface area contributed by atoms with Crippen LogP contribution in [0.2, 0.25) is 5.02 Å². The molecule has 290 valence electrons. The van der Waals surface area contributed by atoms with Crippen LogP contribution >= 0.6 is 11.6 Å². The van der Waals surface area contributed by atoms with Crippen LogP contribution in [0.5, 0.6) is 0 Å². The quantitative estimate of drug-likeness (QED) is 0.0605. The molecule has 2 aromatic carbocycles. The summed E-state index contributed by atoms with van der Waals surface area (Å²) in [6.45, 7) is 1.92. The summed E-state index contributed by atoms with van der Waals surface area (Å²) < 4.78 is 99.8. The van der Waals surface area contributed by atoms with Gasteiger partial charge in [-0.1, -0.05) is 62.7 Å². The van der Waals surface area contributed by atoms with Crippen molar-refractivity contribution in [2.75, 3.05) is 11.6 Å². The SMILES string of the molecule is C=N/C=N\N(c1cc([C@@H](COC(=O)N[C@H]2CC2C(F)(F)F)N2C(=O)[C@@](CC(C)(C)C)(c3ccc(-c4cnn(C(F)F)c4)cc3)N=C2N)ccc1Cl)C(F)F. The third-order valence-electron chi connectivity index (χ3n) is 8.65. The summed E-state index contributed by atoms with van der Waals surface area (Å²) in [6, 6.07) is 7.48. The highest BCUT2D eigenvalue weighted by Gasteiger charge is 2.57. The average molecular weight is 786 g/mol. The van der Waals surface area contributed by atoms with Crippen LogP contribution in [0.25, 0.3) is 11.1 Å². The minimum atomic E-state index is -4.53. The average Bonchev–Trinajstić information content (AvgIpc) is 3.60. The van der Waals surface area contributed by atoms with Crippen LogP contribution in [0, 0.1) is 11.3 Å². The monoisotopic (exact) mass is 785 g/mol. The van der Waals surface area contributed by atoms with Gasteiger partial charge in [-0.3, -0.25) is 14.7 Å². The minimum Gasteiger partial charge on any atom is -0.447 e. The van der Waals surface area contributed by atoms with Crippen molar-refractivity contribution in [2.45, 2.75) is 70.5 Å². The van der Waals surface area contributed by atoms with E-state index >= 15 is 0 Å². The number of nitrogens with two attached hydrogens (primary N) is 1. The number of nitrogens with zero attached hydrogens (tertiary/aromatic N) is 7. The normalized spacial score (nSPS) is 20.8. The van der Waals surface area contributed by atoms with E-state index in [-0.39, 0.29) is 40.1 Å². The highest BCUT2D eigenvalue weighted by Crippen LogP contribution is 2.47. The maximum atomic E-state index is 14.8. The Balaban J connectivity index is 1.55. The van der Waals surface area contributed by atoms with Crippen molar-refractivity contribution in [1.29, 1.82) is 0 Å². The maximum Gasteiger partial charge on any atom is 0.407 e. The molecular weight excluding hydrogens is 751 g/mol. The molecule has 2 aliphatic rings. The number of nitrogens with one attached hydrogen (secondary N) is 1. The summed E-state index contributed by atoms with van der Waals surface area (Å²) in [5, 5.41) is 9.41. The molecule has 54 heavy (non-hydrogen) atoms. The van der Waals surface area contributed by atoms with E-state index in [0.717, 1.165) is 23.5 Å². The van der Waals surface area contributed by atoms with E-state index in [2.05, 4.69) is 32.2 Å². The van der Waals surface area contributed by atoms with Crippen molar-refractivity contribution in [3.63, 3.8) is 0 Å². The van der Waals surface area contributed by atoms with E-state index in [1.165, 1.54) is 18.3 Å². The number of guanidine groups is 1. The van der Waals surface area contributed by atoms with E-state index in [1.54, 1.807) is 24.3 Å². The second-order valence-electron chi connectivity index (χ2n) is 13.8. The van der Waals surface area contributed by atoms with E-state index < -0.39 is 66.8 Å². The lowest BCUT2D eigenvalue weighted by Crippen LogP contribution is -2.47. The van der Waals surface area contributed by atoms with Gasteiger partial charge >= 0.3 is 25.4 Å². The lowest BCUT2D eigenvalue weighted by molar-refractivity contribution is -0.149. The summed E-state index contributed by atoms with van der Waals surface area (Å²) in [4.78, 5) is 36.6. The number of rotatable bonds is 13. The molecule has 0 spiro atoms. The van der Waals surface area contributed by atoms with E-state index in [0.29, 0.717) is 21.4 Å². The van der Waals surface area contributed by atoms with Gasteiger partial charge in [0.1, 0.15) is 12.9 Å². The highest BCUT2D eigenvalue weighted by molar-refractivity contribution is 6.33. The number of carbonyl (C=O) groups excluding carboxylic acids is 2. The summed E-state index contributed by atoms with van der Waals surface area (Å²) in [5.74, 6) is -2.81. The molecule has 1 unspecified atom stereocenters. The molecular formula is C34H35ClF7N9O3. The van der Waals surface area contributed by atoms with Crippen LogP contribution in [0.15, 0.2) is 69.9 Å². The molecule has 1 aromatic heterocycles. The first kappa shape index (κ1) is 40.0. The molecule has 0 bridgehead atoms. The fourth-order valence-electron chi connectivity index (χ4n) is 6.21. The third kappa shape index (κ3) is 8.61. The van der Waals surface area contributed by atoms with Crippen LogP contribution in [-0.4, -0.2) is 71.1 Å². The number of carbonyl (C=O) groups is 2. The molecule has 2 heterocycles. The fraction of sp³-hybridized carbons (Fsp3) is 0.412. The van der Waals surface area contributed by atoms with Gasteiger partial charge in [0.15, 0.2) is 11.5 Å². The molecule has 5 rings (SSSR count). The number of aliphatic imine (C=N–C) groups is 2. The number of benzene rings is 2. The van der Waals surface area contributed by atoms with Crippen LogP contribution in [0.4, 0.5) is 41.2 Å². The van der Waals surface area contributed by atoms with E-state index in [1.807, 2.05) is 20.8 Å². The first-order valence-corrected chi connectivity index (χ1v) is 16.6. The van der Waals surface area contributed by atoms with Gasteiger partial charge in [-0.25, -0.2) is 19.5 Å². The van der Waals surface area contributed by atoms with Gasteiger partial charge < -0.3 is 15.8 Å². The number of amides is 2. The molecule has 0 saturated heterocycles. The highest BCUT2D eigenvalue weighted by atomic mass is 35.5. The van der Waals surface area contributed by atoms with Crippen molar-refractivity contribution in [3.05, 3.63) is 71.0 Å². The largest absolute Gasteiger partial charge is 0.447 e. The second-order valence-corrected chi connectivity index (χ2v) is 14.2. The Kier molecular flexibility index (Phi) is 11.3. The number of alkyl carbamates (subject to hydrolysis) is 1. The molecule has 0 radical (unpaired) electrons. The van der Waals surface area contributed by atoms with Crippen molar-refractivity contribution in [1.82, 2.24) is 20.0 Å². The first-order chi connectivity index (χ1) is 25.3. The number of anilines is 1. The Labute approximate surface area is 309 Å². The van der Waals surface area contributed by atoms with Gasteiger partial charge in [0.25, 0.3) is 5.91 Å². The Morgan fingerprint density at radius 1 is 1.17 bits per heavy atom. The Morgan fingerprint density at radius 2 is 1.85 bits per heavy atom. The third-order valence-corrected chi connectivity index (χ3v) is 8.97. The topological polar surface area (TPSA) is 143 Å². The van der Waals surface area contributed by atoms with E-state index in [4.69, 9.17) is 22.1 Å². The molecule has 4 atom stereocenters. The molecule has 1 aliphatic heterocycles. The molecule has 12 nitrogen and oxygen atoms in total. The minimum absolute atomic E-state index is 0.0543. The van der Waals surface area contributed by atoms with Crippen molar-refractivity contribution in [2.24, 2.45) is 32.2 Å². The predicted octanol–water partition coefficient (Wildman–Crippen LogP) is 7.48. The number of hydrogen-bond donors (Lipinski definition) is 2. The summed E-state index contributed by atoms with van der Waals surface area (Å²) in [5.41, 5.74) is 5.14. The zero-order valence-corrected chi connectivity index (χ0v) is 29.7. The zero-order chi connectivity index (χ0) is 39.7. The zero-order valence-electron chi connectivity index (χ0n) is 28.9. The van der Waals surface area contributed by atoms with Crippen molar-refractivity contribution < 1.29 is 45.1 Å². The number of halogens is 8. The van der Waals surface area contributed by atoms with Gasteiger partial charge in [-0.05, 0) is 53.8 Å². The molecule has 20 heteroatoms. The van der Waals surface area contributed by atoms with Crippen LogP contribution in [0.3, 0.4) is 0 Å². The van der Waals surface area contributed by atoms with Crippen LogP contribution in [-0.2, 0) is 15.1 Å². The smallest absolute Gasteiger partial charge is 0.407 e. The van der Waals surface area contributed by atoms with Gasteiger partial charge in [0, 0.05) is 17.8 Å².